The lowest BCUT2D eigenvalue weighted by Gasteiger charge is -2.30. The Kier molecular flexibility index (Phi) is 4.34. The smallest absolute Gasteiger partial charge is 0.303 e. The molecule has 0 atom stereocenters. The summed E-state index contributed by atoms with van der Waals surface area (Å²) in [5, 5.41) is 18.0. The van der Waals surface area contributed by atoms with Gasteiger partial charge < -0.3 is 14.9 Å². The molecule has 2 rings (SSSR count). The molecule has 0 unspecified atom stereocenters. The highest BCUT2D eigenvalue weighted by Crippen LogP contribution is 2.30. The average molecular weight is 266 g/mol. The van der Waals surface area contributed by atoms with Crippen molar-refractivity contribution in [1.82, 2.24) is 9.88 Å². The lowest BCUT2D eigenvalue weighted by molar-refractivity contribution is -0.137. The number of nitrogens with zero attached hydrogens (tertiary/aromatic N) is 2. The topological polar surface area (TPSA) is 82.9 Å². The molecule has 19 heavy (non-hydrogen) atoms. The van der Waals surface area contributed by atoms with E-state index in [1.54, 1.807) is 6.20 Å². The van der Waals surface area contributed by atoms with Gasteiger partial charge in [0, 0.05) is 36.8 Å². The molecule has 0 aromatic carbocycles. The van der Waals surface area contributed by atoms with Crippen LogP contribution in [0.25, 0.3) is 0 Å². The van der Waals surface area contributed by atoms with E-state index in [4.69, 9.17) is 9.84 Å². The largest absolute Gasteiger partial charge is 0.481 e. The van der Waals surface area contributed by atoms with E-state index >= 15 is 0 Å². The number of aliphatic hydroxyl groups excluding tert-OH is 1. The Balaban J connectivity index is 2.06. The molecule has 2 heterocycles. The Bertz CT molecular complexity index is 476. The van der Waals surface area contributed by atoms with E-state index in [1.807, 2.05) is 11.8 Å². The van der Waals surface area contributed by atoms with Crippen LogP contribution in [0.2, 0.25) is 0 Å². The van der Waals surface area contributed by atoms with E-state index in [0.717, 1.165) is 22.6 Å². The number of carboxylic acid groups (broad SMARTS) is 1. The predicted molar refractivity (Wildman–Crippen MR) is 67.7 cm³/mol. The number of ether oxygens (including phenoxy) is 1. The average Bonchev–Trinajstić information content (AvgIpc) is 2.39. The number of aliphatic carboxylic acids is 1. The number of carbonyl (C=O) groups is 1. The Morgan fingerprint density at radius 3 is 3.05 bits per heavy atom. The number of aromatic nitrogens is 1. The summed E-state index contributed by atoms with van der Waals surface area (Å²) in [7, 11) is 0. The van der Waals surface area contributed by atoms with Crippen LogP contribution in [0, 0.1) is 6.92 Å². The van der Waals surface area contributed by atoms with Crippen molar-refractivity contribution in [3.05, 3.63) is 23.0 Å². The molecule has 1 aromatic heterocycles. The van der Waals surface area contributed by atoms with Gasteiger partial charge in [0.25, 0.3) is 0 Å². The third kappa shape index (κ3) is 3.21. The maximum absolute atomic E-state index is 10.5. The summed E-state index contributed by atoms with van der Waals surface area (Å²) in [6.45, 7) is 3.57. The fourth-order valence-corrected chi connectivity index (χ4v) is 2.20. The van der Waals surface area contributed by atoms with Crippen molar-refractivity contribution >= 4 is 5.97 Å². The lowest BCUT2D eigenvalue weighted by Crippen LogP contribution is -2.34. The SMILES string of the molecule is Cc1ncc(CO)c2c1OCN(CCCC(=O)O)C2. The second-order valence-corrected chi connectivity index (χ2v) is 4.66. The van der Waals surface area contributed by atoms with Gasteiger partial charge in [0.05, 0.1) is 12.3 Å². The summed E-state index contributed by atoms with van der Waals surface area (Å²) in [5.41, 5.74) is 2.54. The van der Waals surface area contributed by atoms with Crippen LogP contribution in [0.5, 0.6) is 5.75 Å². The van der Waals surface area contributed by atoms with Crippen LogP contribution in [-0.4, -0.2) is 39.3 Å². The second kappa shape index (κ2) is 5.99. The zero-order valence-corrected chi connectivity index (χ0v) is 10.9. The molecule has 1 aromatic rings. The van der Waals surface area contributed by atoms with Gasteiger partial charge in [0.1, 0.15) is 12.5 Å². The molecule has 0 saturated carbocycles. The first-order valence-electron chi connectivity index (χ1n) is 6.27. The van der Waals surface area contributed by atoms with E-state index in [2.05, 4.69) is 4.98 Å². The highest BCUT2D eigenvalue weighted by Gasteiger charge is 2.22. The third-order valence-corrected chi connectivity index (χ3v) is 3.21. The summed E-state index contributed by atoms with van der Waals surface area (Å²) < 4.78 is 5.67. The van der Waals surface area contributed by atoms with Crippen molar-refractivity contribution < 1.29 is 19.7 Å². The van der Waals surface area contributed by atoms with Crippen LogP contribution >= 0.6 is 0 Å². The zero-order valence-electron chi connectivity index (χ0n) is 10.9. The first kappa shape index (κ1) is 13.8. The fraction of sp³-hybridized carbons (Fsp3) is 0.538. The van der Waals surface area contributed by atoms with Crippen molar-refractivity contribution in [2.24, 2.45) is 0 Å². The van der Waals surface area contributed by atoms with Crippen LogP contribution in [0.3, 0.4) is 0 Å². The van der Waals surface area contributed by atoms with Gasteiger partial charge >= 0.3 is 5.97 Å². The summed E-state index contributed by atoms with van der Waals surface area (Å²) in [6, 6.07) is 0. The third-order valence-electron chi connectivity index (χ3n) is 3.21. The Hall–Kier alpha value is -1.66. The minimum atomic E-state index is -0.783. The summed E-state index contributed by atoms with van der Waals surface area (Å²) in [5.74, 6) is -0.0320. The lowest BCUT2D eigenvalue weighted by atomic mass is 10.1. The number of pyridine rings is 1. The highest BCUT2D eigenvalue weighted by atomic mass is 16.5. The maximum Gasteiger partial charge on any atom is 0.303 e. The van der Waals surface area contributed by atoms with Crippen molar-refractivity contribution in [2.45, 2.75) is 32.9 Å². The van der Waals surface area contributed by atoms with E-state index in [1.165, 1.54) is 0 Å². The van der Waals surface area contributed by atoms with Crippen LogP contribution in [0.4, 0.5) is 0 Å². The van der Waals surface area contributed by atoms with Gasteiger partial charge in [-0.1, -0.05) is 0 Å². The Labute approximate surface area is 111 Å². The summed E-state index contributed by atoms with van der Waals surface area (Å²) in [6.07, 6.45) is 2.41. The van der Waals surface area contributed by atoms with Crippen LogP contribution in [0.15, 0.2) is 6.20 Å². The molecule has 0 fully saturated rings. The van der Waals surface area contributed by atoms with E-state index in [-0.39, 0.29) is 13.0 Å². The normalized spacial score (nSPS) is 14.8. The molecule has 0 spiro atoms. The number of carboxylic acids is 1. The van der Waals surface area contributed by atoms with Crippen molar-refractivity contribution in [2.75, 3.05) is 13.3 Å². The van der Waals surface area contributed by atoms with Crippen LogP contribution in [0.1, 0.15) is 29.7 Å². The first-order chi connectivity index (χ1) is 9.11. The number of hydrogen-bond donors (Lipinski definition) is 2. The van der Waals surface area contributed by atoms with Crippen LogP contribution in [-0.2, 0) is 17.9 Å². The van der Waals surface area contributed by atoms with E-state index in [0.29, 0.717) is 26.2 Å². The minimum absolute atomic E-state index is 0.0675. The van der Waals surface area contributed by atoms with Crippen molar-refractivity contribution in [1.29, 1.82) is 0 Å². The predicted octanol–water partition coefficient (Wildman–Crippen LogP) is 0.899. The molecule has 1 aliphatic rings. The molecule has 0 aliphatic carbocycles. The number of aryl methyl sites for hydroxylation is 1. The van der Waals surface area contributed by atoms with Crippen LogP contribution < -0.4 is 4.74 Å². The van der Waals surface area contributed by atoms with Crippen molar-refractivity contribution in [3.8, 4) is 5.75 Å². The van der Waals surface area contributed by atoms with Gasteiger partial charge in [0.15, 0.2) is 0 Å². The van der Waals surface area contributed by atoms with Gasteiger partial charge in [-0.25, -0.2) is 0 Å². The number of aliphatic hydroxyl groups is 1. The van der Waals surface area contributed by atoms with Gasteiger partial charge in [-0.2, -0.15) is 0 Å². The summed E-state index contributed by atoms with van der Waals surface area (Å²) >= 11 is 0. The van der Waals surface area contributed by atoms with Gasteiger partial charge in [-0.3, -0.25) is 14.7 Å². The van der Waals surface area contributed by atoms with Gasteiger partial charge in [0.2, 0.25) is 0 Å². The van der Waals surface area contributed by atoms with E-state index in [9.17, 15) is 9.90 Å². The number of hydrogen-bond acceptors (Lipinski definition) is 5. The highest BCUT2D eigenvalue weighted by molar-refractivity contribution is 5.66. The number of rotatable bonds is 5. The minimum Gasteiger partial charge on any atom is -0.481 e. The molecule has 104 valence electrons. The molecule has 6 heteroatoms. The maximum atomic E-state index is 10.5. The van der Waals surface area contributed by atoms with Crippen molar-refractivity contribution in [3.63, 3.8) is 0 Å². The molecule has 0 bridgehead atoms. The molecule has 0 saturated heterocycles. The standard InChI is InChI=1S/C13H18N2O4/c1-9-13-11(10(7-16)5-14-9)6-15(8-19-13)4-2-3-12(17)18/h5,16H,2-4,6-8H2,1H3,(H,17,18). The molecule has 0 radical (unpaired) electrons. The molecule has 2 N–H and O–H groups in total. The second-order valence-electron chi connectivity index (χ2n) is 4.66. The Morgan fingerprint density at radius 2 is 2.37 bits per heavy atom. The van der Waals surface area contributed by atoms with E-state index < -0.39 is 5.97 Å². The Morgan fingerprint density at radius 1 is 1.58 bits per heavy atom. The molecule has 0 amide bonds. The number of fused-ring (bicyclic) bond motifs is 1. The summed E-state index contributed by atoms with van der Waals surface area (Å²) in [4.78, 5) is 16.7. The molecular formula is C13H18N2O4. The van der Waals surface area contributed by atoms with Gasteiger partial charge in [-0.05, 0) is 13.3 Å². The fourth-order valence-electron chi connectivity index (χ4n) is 2.20. The van der Waals surface area contributed by atoms with Gasteiger partial charge in [-0.15, -0.1) is 0 Å². The molecular weight excluding hydrogens is 248 g/mol. The molecule has 6 nitrogen and oxygen atoms in total. The zero-order chi connectivity index (χ0) is 13.8. The molecule has 1 aliphatic heterocycles. The quantitative estimate of drug-likeness (QED) is 0.824. The monoisotopic (exact) mass is 266 g/mol. The first-order valence-corrected chi connectivity index (χ1v) is 6.27.